The highest BCUT2D eigenvalue weighted by atomic mass is 35.5. The van der Waals surface area contributed by atoms with Gasteiger partial charge in [-0.25, -0.2) is 4.98 Å². The summed E-state index contributed by atoms with van der Waals surface area (Å²) >= 11 is 7.46. The number of hydrogen-bond acceptors (Lipinski definition) is 5. The lowest BCUT2D eigenvalue weighted by atomic mass is 10.1. The summed E-state index contributed by atoms with van der Waals surface area (Å²) in [7, 11) is 0. The summed E-state index contributed by atoms with van der Waals surface area (Å²) in [6, 6.07) is 7.16. The Morgan fingerprint density at radius 1 is 1.36 bits per heavy atom. The number of rotatable bonds is 7. The molecule has 1 aromatic heterocycles. The maximum Gasteiger partial charge on any atom is 0.229 e. The van der Waals surface area contributed by atoms with Gasteiger partial charge >= 0.3 is 0 Å². The number of carbonyl (C=O) groups excluding carboxylic acids is 2. The molecule has 1 aliphatic rings. The fraction of sp³-hybridized carbons (Fsp3) is 0.450. The summed E-state index contributed by atoms with van der Waals surface area (Å²) in [6.45, 7) is 5.58. The van der Waals surface area contributed by atoms with E-state index in [4.69, 9.17) is 16.3 Å². The summed E-state index contributed by atoms with van der Waals surface area (Å²) in [6.07, 6.45) is 1.48. The maximum absolute atomic E-state index is 12.3. The van der Waals surface area contributed by atoms with E-state index in [1.165, 1.54) is 11.3 Å². The van der Waals surface area contributed by atoms with Gasteiger partial charge in [-0.2, -0.15) is 0 Å². The second-order valence-electron chi connectivity index (χ2n) is 7.13. The molecule has 8 heteroatoms. The van der Waals surface area contributed by atoms with Crippen LogP contribution in [0.2, 0.25) is 5.02 Å². The standard InChI is InChI=1S/C20H24ClN3O3S/c1-13(2)11-19(26)24-9-7-15-17(12-24)28-20(22-15)23-18(25)8-10-27-16-6-4-3-5-14(16)21/h3-6,13H,7-12H2,1-2H3,(H,22,23,25). The van der Waals surface area contributed by atoms with E-state index < -0.39 is 0 Å². The third kappa shape index (κ3) is 5.45. The molecule has 0 aliphatic carbocycles. The number of carbonyl (C=O) groups is 2. The molecule has 1 N–H and O–H groups in total. The van der Waals surface area contributed by atoms with Gasteiger partial charge in [0.15, 0.2) is 5.13 Å². The minimum atomic E-state index is -0.161. The average Bonchev–Trinajstić information content (AvgIpc) is 3.04. The number of fused-ring (bicyclic) bond motifs is 1. The highest BCUT2D eigenvalue weighted by molar-refractivity contribution is 7.15. The number of nitrogens with one attached hydrogen (secondary N) is 1. The van der Waals surface area contributed by atoms with Crippen LogP contribution in [0, 0.1) is 5.92 Å². The summed E-state index contributed by atoms with van der Waals surface area (Å²) < 4.78 is 5.54. The second-order valence-corrected chi connectivity index (χ2v) is 8.62. The Labute approximate surface area is 173 Å². The monoisotopic (exact) mass is 421 g/mol. The van der Waals surface area contributed by atoms with Crippen molar-refractivity contribution in [1.82, 2.24) is 9.88 Å². The fourth-order valence-electron chi connectivity index (χ4n) is 2.94. The van der Waals surface area contributed by atoms with E-state index in [9.17, 15) is 9.59 Å². The first-order chi connectivity index (χ1) is 13.4. The second kappa shape index (κ2) is 9.39. The van der Waals surface area contributed by atoms with Gasteiger partial charge in [0.25, 0.3) is 0 Å². The molecule has 2 heterocycles. The molecule has 1 aromatic carbocycles. The van der Waals surface area contributed by atoms with Crippen LogP contribution in [-0.2, 0) is 22.6 Å². The zero-order valence-corrected chi connectivity index (χ0v) is 17.6. The highest BCUT2D eigenvalue weighted by Crippen LogP contribution is 2.29. The number of benzene rings is 1. The number of para-hydroxylation sites is 1. The predicted molar refractivity (Wildman–Crippen MR) is 111 cm³/mol. The van der Waals surface area contributed by atoms with Crippen molar-refractivity contribution < 1.29 is 14.3 Å². The minimum Gasteiger partial charge on any atom is -0.491 e. The molecule has 0 unspecified atom stereocenters. The average molecular weight is 422 g/mol. The third-order valence-electron chi connectivity index (χ3n) is 4.34. The summed E-state index contributed by atoms with van der Waals surface area (Å²) in [5, 5.41) is 3.92. The van der Waals surface area contributed by atoms with Crippen molar-refractivity contribution in [2.75, 3.05) is 18.5 Å². The normalized spacial score (nSPS) is 13.4. The molecule has 2 aromatic rings. The van der Waals surface area contributed by atoms with Crippen molar-refractivity contribution in [3.8, 4) is 5.75 Å². The van der Waals surface area contributed by atoms with Crippen molar-refractivity contribution in [3.05, 3.63) is 39.9 Å². The Morgan fingerprint density at radius 2 is 2.14 bits per heavy atom. The van der Waals surface area contributed by atoms with Crippen LogP contribution in [0.1, 0.15) is 37.3 Å². The molecular formula is C20H24ClN3O3S. The molecule has 3 rings (SSSR count). The number of thiazole rings is 1. The fourth-order valence-corrected chi connectivity index (χ4v) is 4.17. The summed E-state index contributed by atoms with van der Waals surface area (Å²) in [5.74, 6) is 0.924. The topological polar surface area (TPSA) is 71.5 Å². The Kier molecular flexibility index (Phi) is 6.91. The lowest BCUT2D eigenvalue weighted by molar-refractivity contribution is -0.132. The minimum absolute atomic E-state index is 0.161. The highest BCUT2D eigenvalue weighted by Gasteiger charge is 2.24. The summed E-state index contributed by atoms with van der Waals surface area (Å²) in [4.78, 5) is 31.9. The van der Waals surface area contributed by atoms with Crippen LogP contribution in [0.3, 0.4) is 0 Å². The van der Waals surface area contributed by atoms with Crippen LogP contribution >= 0.6 is 22.9 Å². The third-order valence-corrected chi connectivity index (χ3v) is 5.65. The van der Waals surface area contributed by atoms with Gasteiger partial charge in [0.1, 0.15) is 5.75 Å². The molecule has 0 fully saturated rings. The first-order valence-electron chi connectivity index (χ1n) is 9.36. The van der Waals surface area contributed by atoms with Crippen LogP contribution in [0.15, 0.2) is 24.3 Å². The van der Waals surface area contributed by atoms with E-state index in [1.54, 1.807) is 12.1 Å². The first kappa shape index (κ1) is 20.6. The summed E-state index contributed by atoms with van der Waals surface area (Å²) in [5.41, 5.74) is 0.973. The molecule has 0 saturated heterocycles. The Hall–Kier alpha value is -2.12. The molecule has 0 saturated carbocycles. The van der Waals surface area contributed by atoms with Gasteiger partial charge in [-0.3, -0.25) is 9.59 Å². The van der Waals surface area contributed by atoms with Crippen molar-refractivity contribution >= 4 is 39.9 Å². The molecule has 0 spiro atoms. The van der Waals surface area contributed by atoms with Gasteiger partial charge in [-0.1, -0.05) is 48.9 Å². The van der Waals surface area contributed by atoms with Gasteiger partial charge in [-0.15, -0.1) is 0 Å². The molecule has 150 valence electrons. The van der Waals surface area contributed by atoms with E-state index in [-0.39, 0.29) is 24.8 Å². The molecule has 0 atom stereocenters. The zero-order valence-electron chi connectivity index (χ0n) is 16.0. The van der Waals surface area contributed by atoms with Gasteiger partial charge in [-0.05, 0) is 18.1 Å². The number of hydrogen-bond donors (Lipinski definition) is 1. The molecule has 1 aliphatic heterocycles. The molecular weight excluding hydrogens is 398 g/mol. The smallest absolute Gasteiger partial charge is 0.229 e. The van der Waals surface area contributed by atoms with E-state index >= 15 is 0 Å². The lowest BCUT2D eigenvalue weighted by Crippen LogP contribution is -2.36. The Morgan fingerprint density at radius 3 is 2.89 bits per heavy atom. The lowest BCUT2D eigenvalue weighted by Gasteiger charge is -2.26. The van der Waals surface area contributed by atoms with Crippen molar-refractivity contribution in [1.29, 1.82) is 0 Å². The van der Waals surface area contributed by atoms with E-state index in [0.29, 0.717) is 41.3 Å². The Balaban J connectivity index is 1.49. The van der Waals surface area contributed by atoms with E-state index in [1.807, 2.05) is 30.9 Å². The van der Waals surface area contributed by atoms with Crippen LogP contribution in [0.25, 0.3) is 0 Å². The van der Waals surface area contributed by atoms with Crippen molar-refractivity contribution in [2.24, 2.45) is 5.92 Å². The number of amides is 2. The van der Waals surface area contributed by atoms with Crippen LogP contribution in [-0.4, -0.2) is 34.8 Å². The number of ether oxygens (including phenoxy) is 1. The molecule has 6 nitrogen and oxygen atoms in total. The number of anilines is 1. The van der Waals surface area contributed by atoms with Gasteiger partial charge < -0.3 is 15.0 Å². The van der Waals surface area contributed by atoms with Gasteiger partial charge in [0, 0.05) is 24.3 Å². The first-order valence-corrected chi connectivity index (χ1v) is 10.6. The Bertz CT molecular complexity index is 853. The molecule has 0 bridgehead atoms. The van der Waals surface area contributed by atoms with Crippen LogP contribution in [0.4, 0.5) is 5.13 Å². The van der Waals surface area contributed by atoms with Crippen molar-refractivity contribution in [3.63, 3.8) is 0 Å². The molecule has 2 amide bonds. The van der Waals surface area contributed by atoms with Gasteiger partial charge in [0.05, 0.1) is 30.3 Å². The zero-order chi connectivity index (χ0) is 20.1. The maximum atomic E-state index is 12.3. The van der Waals surface area contributed by atoms with Crippen LogP contribution in [0.5, 0.6) is 5.75 Å². The largest absolute Gasteiger partial charge is 0.491 e. The van der Waals surface area contributed by atoms with Crippen molar-refractivity contribution in [2.45, 2.75) is 39.7 Å². The van der Waals surface area contributed by atoms with E-state index in [2.05, 4.69) is 10.3 Å². The van der Waals surface area contributed by atoms with Crippen LogP contribution < -0.4 is 10.1 Å². The number of aromatic nitrogens is 1. The quantitative estimate of drug-likeness (QED) is 0.729. The molecule has 28 heavy (non-hydrogen) atoms. The number of nitrogens with zero attached hydrogens (tertiary/aromatic N) is 2. The molecule has 0 radical (unpaired) electrons. The van der Waals surface area contributed by atoms with E-state index in [0.717, 1.165) is 17.0 Å². The van der Waals surface area contributed by atoms with Gasteiger partial charge in [0.2, 0.25) is 11.8 Å². The predicted octanol–water partition coefficient (Wildman–Crippen LogP) is 4.13. The SMILES string of the molecule is CC(C)CC(=O)N1CCc2nc(NC(=O)CCOc3ccccc3Cl)sc2C1. The number of halogens is 1.